The first-order chi connectivity index (χ1) is 3.79. The Hall–Kier alpha value is 0.856. The summed E-state index contributed by atoms with van der Waals surface area (Å²) in [4.78, 5) is 0. The molecule has 9 heavy (non-hydrogen) atoms. The zero-order valence-corrected chi connectivity index (χ0v) is 9.43. The molecule has 0 bridgehead atoms. The summed E-state index contributed by atoms with van der Waals surface area (Å²) in [6, 6.07) is 8.45. The van der Waals surface area contributed by atoms with Crippen LogP contribution in [0.4, 0.5) is 0 Å². The number of aryl methyl sites for hydroxylation is 2. The van der Waals surface area contributed by atoms with E-state index in [4.69, 9.17) is 0 Å². The Bertz CT molecular complexity index is 169. The van der Waals surface area contributed by atoms with Crippen LogP contribution in [0.15, 0.2) is 24.3 Å². The van der Waals surface area contributed by atoms with Crippen molar-refractivity contribution in [1.82, 2.24) is 0 Å². The Kier molecular flexibility index (Phi) is 5.08. The number of hydrogen-bond acceptors (Lipinski definition) is 0. The van der Waals surface area contributed by atoms with Gasteiger partial charge in [0.05, 0.1) is 0 Å². The van der Waals surface area contributed by atoms with Crippen LogP contribution in [0.1, 0.15) is 12.6 Å². The Morgan fingerprint density at radius 3 is 1.78 bits per heavy atom. The van der Waals surface area contributed by atoms with Crippen LogP contribution in [0.25, 0.3) is 0 Å². The van der Waals surface area contributed by atoms with Crippen LogP contribution in [0, 0.1) is 13.8 Å². The van der Waals surface area contributed by atoms with Crippen LogP contribution in [0.5, 0.6) is 0 Å². The molecule has 0 unspecified atom stereocenters. The molecule has 0 aliphatic heterocycles. The Morgan fingerprint density at radius 1 is 1.11 bits per heavy atom. The predicted octanol–water partition coefficient (Wildman–Crippen LogP) is -0.580. The van der Waals surface area contributed by atoms with Crippen molar-refractivity contribution in [3.8, 4) is 0 Å². The van der Waals surface area contributed by atoms with Gasteiger partial charge in [0.15, 0.2) is 0 Å². The minimum Gasteiger partial charge on any atom is -1.00 e. The maximum Gasteiger partial charge on any atom is 1.00 e. The average Bonchev–Trinajstić information content (AvgIpc) is 1.64. The standard InChI is InChI=1S/C8H10.K.H/c1-7-4-3-5-8(2)6-7;;/h3-6H,1-2H3;;/q;+1;-1. The van der Waals surface area contributed by atoms with Crippen LogP contribution in [0.3, 0.4) is 0 Å². The van der Waals surface area contributed by atoms with Gasteiger partial charge in [-0.1, -0.05) is 35.4 Å². The van der Waals surface area contributed by atoms with Crippen molar-refractivity contribution in [2.24, 2.45) is 0 Å². The van der Waals surface area contributed by atoms with Gasteiger partial charge in [-0.15, -0.1) is 0 Å². The van der Waals surface area contributed by atoms with E-state index in [1.807, 2.05) is 0 Å². The number of rotatable bonds is 0. The first-order valence-corrected chi connectivity index (χ1v) is 2.82. The van der Waals surface area contributed by atoms with Gasteiger partial charge in [0.2, 0.25) is 0 Å². The van der Waals surface area contributed by atoms with E-state index < -0.39 is 0 Å². The molecule has 0 spiro atoms. The quantitative estimate of drug-likeness (QED) is 0.430. The summed E-state index contributed by atoms with van der Waals surface area (Å²) in [6.45, 7) is 4.21. The molecule has 0 nitrogen and oxygen atoms in total. The van der Waals surface area contributed by atoms with Crippen molar-refractivity contribution >= 4 is 0 Å². The fourth-order valence-electron chi connectivity index (χ4n) is 0.807. The normalized spacial score (nSPS) is 8.22. The third-order valence-corrected chi connectivity index (χ3v) is 1.17. The third-order valence-electron chi connectivity index (χ3n) is 1.17. The molecule has 0 N–H and O–H groups in total. The van der Waals surface area contributed by atoms with E-state index >= 15 is 0 Å². The first-order valence-electron chi connectivity index (χ1n) is 2.82. The molecule has 0 atom stereocenters. The minimum atomic E-state index is 0. The summed E-state index contributed by atoms with van der Waals surface area (Å²) in [5.74, 6) is 0. The fourth-order valence-corrected chi connectivity index (χ4v) is 0.807. The molecule has 0 amide bonds. The van der Waals surface area contributed by atoms with E-state index in [0.29, 0.717) is 0 Å². The molecular weight excluding hydrogens is 135 g/mol. The van der Waals surface area contributed by atoms with E-state index in [-0.39, 0.29) is 52.8 Å². The maximum atomic E-state index is 2.17. The molecule has 0 aliphatic carbocycles. The molecule has 0 aliphatic rings. The van der Waals surface area contributed by atoms with Crippen molar-refractivity contribution in [1.29, 1.82) is 0 Å². The maximum absolute atomic E-state index is 2.17. The van der Waals surface area contributed by atoms with Crippen molar-refractivity contribution in [3.63, 3.8) is 0 Å². The number of hydrogen-bond donors (Lipinski definition) is 0. The molecule has 0 radical (unpaired) electrons. The molecule has 1 heteroatoms. The van der Waals surface area contributed by atoms with Gasteiger partial charge in [0, 0.05) is 0 Å². The molecule has 0 fully saturated rings. The van der Waals surface area contributed by atoms with E-state index in [1.165, 1.54) is 11.1 Å². The van der Waals surface area contributed by atoms with Crippen LogP contribution in [-0.2, 0) is 0 Å². The number of benzene rings is 1. The molecule has 0 aromatic heterocycles. The molecule has 1 aromatic rings. The summed E-state index contributed by atoms with van der Waals surface area (Å²) in [7, 11) is 0. The van der Waals surface area contributed by atoms with Gasteiger partial charge in [0.25, 0.3) is 0 Å². The third kappa shape index (κ3) is 3.53. The van der Waals surface area contributed by atoms with Gasteiger partial charge >= 0.3 is 51.4 Å². The van der Waals surface area contributed by atoms with Crippen molar-refractivity contribution in [2.45, 2.75) is 13.8 Å². The van der Waals surface area contributed by atoms with Crippen LogP contribution in [-0.4, -0.2) is 0 Å². The van der Waals surface area contributed by atoms with Gasteiger partial charge in [-0.05, 0) is 13.8 Å². The topological polar surface area (TPSA) is 0 Å². The summed E-state index contributed by atoms with van der Waals surface area (Å²) in [5, 5.41) is 0. The molecule has 0 saturated heterocycles. The molecule has 0 heterocycles. The second-order valence-corrected chi connectivity index (χ2v) is 2.16. The van der Waals surface area contributed by atoms with E-state index in [2.05, 4.69) is 38.1 Å². The first kappa shape index (κ1) is 9.86. The largest absolute Gasteiger partial charge is 1.00 e. The van der Waals surface area contributed by atoms with Gasteiger partial charge in [-0.3, -0.25) is 0 Å². The van der Waals surface area contributed by atoms with Gasteiger partial charge in [-0.2, -0.15) is 0 Å². The Labute approximate surface area is 101 Å². The molecule has 0 saturated carbocycles. The molecule has 44 valence electrons. The second-order valence-electron chi connectivity index (χ2n) is 2.16. The SMILES string of the molecule is Cc1cccc(C)c1.[H-].[K+]. The zero-order valence-electron chi connectivity index (χ0n) is 7.31. The smallest absolute Gasteiger partial charge is 1.00 e. The predicted molar refractivity (Wildman–Crippen MR) is 37.0 cm³/mol. The van der Waals surface area contributed by atoms with Gasteiger partial charge in [-0.25, -0.2) is 0 Å². The van der Waals surface area contributed by atoms with Crippen LogP contribution < -0.4 is 51.4 Å². The molecular formula is C8H11K. The van der Waals surface area contributed by atoms with E-state index in [1.54, 1.807) is 0 Å². The minimum absolute atomic E-state index is 0. The summed E-state index contributed by atoms with van der Waals surface area (Å²) >= 11 is 0. The Balaban J connectivity index is 0. The van der Waals surface area contributed by atoms with E-state index in [0.717, 1.165) is 0 Å². The van der Waals surface area contributed by atoms with Gasteiger partial charge < -0.3 is 1.43 Å². The summed E-state index contributed by atoms with van der Waals surface area (Å²) in [6.07, 6.45) is 0. The van der Waals surface area contributed by atoms with Gasteiger partial charge in [0.1, 0.15) is 0 Å². The molecule has 1 rings (SSSR count). The van der Waals surface area contributed by atoms with Crippen molar-refractivity contribution in [2.75, 3.05) is 0 Å². The fraction of sp³-hybridized carbons (Fsp3) is 0.250. The average molecular weight is 146 g/mol. The summed E-state index contributed by atoms with van der Waals surface area (Å²) < 4.78 is 0. The molecule has 1 aromatic carbocycles. The van der Waals surface area contributed by atoms with Crippen molar-refractivity contribution in [3.05, 3.63) is 35.4 Å². The second kappa shape index (κ2) is 4.64. The Morgan fingerprint density at radius 2 is 1.56 bits per heavy atom. The zero-order chi connectivity index (χ0) is 5.98. The monoisotopic (exact) mass is 146 g/mol. The van der Waals surface area contributed by atoms with Crippen LogP contribution >= 0.6 is 0 Å². The van der Waals surface area contributed by atoms with Crippen molar-refractivity contribution < 1.29 is 52.8 Å². The van der Waals surface area contributed by atoms with E-state index in [9.17, 15) is 0 Å². The van der Waals surface area contributed by atoms with Crippen LogP contribution in [0.2, 0.25) is 0 Å². The summed E-state index contributed by atoms with van der Waals surface area (Å²) in [5.41, 5.74) is 2.68.